The van der Waals surface area contributed by atoms with Crippen LogP contribution in [0.1, 0.15) is 12.0 Å². The second kappa shape index (κ2) is 4.78. The smallest absolute Gasteiger partial charge is 0.228 e. The van der Waals surface area contributed by atoms with Crippen LogP contribution in [0, 0.1) is 0 Å². The van der Waals surface area contributed by atoms with Gasteiger partial charge in [0.2, 0.25) is 5.91 Å². The summed E-state index contributed by atoms with van der Waals surface area (Å²) < 4.78 is 0. The summed E-state index contributed by atoms with van der Waals surface area (Å²) in [6.07, 6.45) is 0.857. The molecule has 3 nitrogen and oxygen atoms in total. The Morgan fingerprint density at radius 2 is 2.12 bits per heavy atom. The molecule has 0 aliphatic carbocycles. The van der Waals surface area contributed by atoms with Crippen molar-refractivity contribution in [1.82, 2.24) is 0 Å². The van der Waals surface area contributed by atoms with Gasteiger partial charge in [0.15, 0.2) is 5.78 Å². The summed E-state index contributed by atoms with van der Waals surface area (Å²) in [5, 5.41) is 0.624. The molecule has 0 spiro atoms. The molecule has 0 bridgehead atoms. The Kier molecular flexibility index (Phi) is 3.39. The van der Waals surface area contributed by atoms with Crippen molar-refractivity contribution in [3.8, 4) is 0 Å². The first kappa shape index (κ1) is 11.3. The highest BCUT2D eigenvalue weighted by Gasteiger charge is 2.25. The van der Waals surface area contributed by atoms with Crippen molar-refractivity contribution in [2.24, 2.45) is 0 Å². The maximum atomic E-state index is 11.9. The molecule has 4 heteroatoms. The maximum absolute atomic E-state index is 11.9. The third-order valence-electron chi connectivity index (χ3n) is 2.61. The van der Waals surface area contributed by atoms with Gasteiger partial charge in [-0.15, -0.1) is 0 Å². The molecule has 84 valence electrons. The molecule has 0 radical (unpaired) electrons. The van der Waals surface area contributed by atoms with Crippen LogP contribution in [-0.4, -0.2) is 23.6 Å². The third-order valence-corrected chi connectivity index (χ3v) is 3.01. The molecule has 0 atom stereocenters. The van der Waals surface area contributed by atoms with E-state index in [1.807, 2.05) is 24.3 Å². The molecule has 2 rings (SSSR count). The Labute approximate surface area is 103 Å². The van der Waals surface area contributed by atoms with Crippen molar-refractivity contribution < 1.29 is 9.59 Å². The monoisotopic (exact) mass is 281 g/mol. The first-order valence-corrected chi connectivity index (χ1v) is 6.30. The molecule has 1 aromatic rings. The normalized spacial score (nSPS) is 14.8. The number of nitrogens with zero attached hydrogens (tertiary/aromatic N) is 1. The zero-order valence-electron chi connectivity index (χ0n) is 8.78. The summed E-state index contributed by atoms with van der Waals surface area (Å²) in [6.45, 7) is 0.211. The quantitative estimate of drug-likeness (QED) is 0.777. The van der Waals surface area contributed by atoms with E-state index in [1.54, 1.807) is 4.90 Å². The molecule has 1 aliphatic heterocycles. The van der Waals surface area contributed by atoms with Crippen LogP contribution in [0.25, 0.3) is 0 Å². The standard InChI is InChI=1S/C12H12BrNO2/c13-6-5-12(16)14-8-10(15)7-9-3-1-2-4-11(9)14/h1-4H,5-8H2. The lowest BCUT2D eigenvalue weighted by Crippen LogP contribution is -2.40. The Bertz CT molecular complexity index is 431. The van der Waals surface area contributed by atoms with E-state index in [1.165, 1.54) is 0 Å². The zero-order valence-corrected chi connectivity index (χ0v) is 10.4. The van der Waals surface area contributed by atoms with Gasteiger partial charge in [-0.1, -0.05) is 34.1 Å². The van der Waals surface area contributed by atoms with Crippen LogP contribution in [-0.2, 0) is 16.0 Å². The second-order valence-corrected chi connectivity index (χ2v) is 4.56. The number of amides is 1. The molecule has 1 aliphatic rings. The average molecular weight is 282 g/mol. The molecular weight excluding hydrogens is 270 g/mol. The van der Waals surface area contributed by atoms with Gasteiger partial charge in [0.1, 0.15) is 0 Å². The number of rotatable bonds is 2. The summed E-state index contributed by atoms with van der Waals surface area (Å²) in [7, 11) is 0. The summed E-state index contributed by atoms with van der Waals surface area (Å²) in [4.78, 5) is 25.0. The van der Waals surface area contributed by atoms with Crippen molar-refractivity contribution in [2.75, 3.05) is 16.8 Å². The fourth-order valence-electron chi connectivity index (χ4n) is 1.89. The van der Waals surface area contributed by atoms with Gasteiger partial charge in [-0.3, -0.25) is 9.59 Å². The van der Waals surface area contributed by atoms with Crippen molar-refractivity contribution >= 4 is 33.3 Å². The van der Waals surface area contributed by atoms with Crippen LogP contribution < -0.4 is 4.90 Å². The highest BCUT2D eigenvalue weighted by molar-refractivity contribution is 9.09. The summed E-state index contributed by atoms with van der Waals surface area (Å²) in [5.74, 6) is 0.0963. The Morgan fingerprint density at radius 1 is 1.38 bits per heavy atom. The van der Waals surface area contributed by atoms with Crippen molar-refractivity contribution in [2.45, 2.75) is 12.8 Å². The first-order chi connectivity index (χ1) is 7.72. The first-order valence-electron chi connectivity index (χ1n) is 5.18. The van der Waals surface area contributed by atoms with E-state index in [0.29, 0.717) is 18.2 Å². The number of halogens is 1. The summed E-state index contributed by atoms with van der Waals surface area (Å²) in [5.41, 5.74) is 1.83. The largest absolute Gasteiger partial charge is 0.305 e. The van der Waals surface area contributed by atoms with Gasteiger partial charge in [0.05, 0.1) is 6.54 Å². The molecule has 16 heavy (non-hydrogen) atoms. The van der Waals surface area contributed by atoms with Crippen molar-refractivity contribution in [3.63, 3.8) is 0 Å². The van der Waals surface area contributed by atoms with Gasteiger partial charge in [0, 0.05) is 23.9 Å². The predicted molar refractivity (Wildman–Crippen MR) is 65.9 cm³/mol. The van der Waals surface area contributed by atoms with Gasteiger partial charge >= 0.3 is 0 Å². The van der Waals surface area contributed by atoms with Crippen molar-refractivity contribution in [1.29, 1.82) is 0 Å². The fourth-order valence-corrected chi connectivity index (χ4v) is 2.23. The molecule has 0 saturated carbocycles. The van der Waals surface area contributed by atoms with Crippen LogP contribution in [0.2, 0.25) is 0 Å². The van der Waals surface area contributed by atoms with Gasteiger partial charge in [0.25, 0.3) is 0 Å². The lowest BCUT2D eigenvalue weighted by atomic mass is 10.0. The van der Waals surface area contributed by atoms with E-state index < -0.39 is 0 Å². The SMILES string of the molecule is O=C1Cc2ccccc2N(C(=O)CCBr)C1. The zero-order chi connectivity index (χ0) is 11.5. The van der Waals surface area contributed by atoms with Gasteiger partial charge in [-0.05, 0) is 11.6 Å². The number of ketones is 1. The maximum Gasteiger partial charge on any atom is 0.228 e. The molecule has 1 aromatic carbocycles. The van der Waals surface area contributed by atoms with Gasteiger partial charge in [-0.25, -0.2) is 0 Å². The minimum atomic E-state index is -0.00243. The number of alkyl halides is 1. The number of hydrogen-bond donors (Lipinski definition) is 0. The minimum absolute atomic E-state index is 0.00243. The van der Waals surface area contributed by atoms with Crippen LogP contribution >= 0.6 is 15.9 Å². The molecule has 0 fully saturated rings. The van der Waals surface area contributed by atoms with Gasteiger partial charge < -0.3 is 4.90 Å². The number of anilines is 1. The highest BCUT2D eigenvalue weighted by atomic mass is 79.9. The molecule has 1 amide bonds. The minimum Gasteiger partial charge on any atom is -0.305 e. The molecule has 1 heterocycles. The number of hydrogen-bond acceptors (Lipinski definition) is 2. The van der Waals surface area contributed by atoms with Crippen LogP contribution in [0.3, 0.4) is 0 Å². The third kappa shape index (κ3) is 2.16. The number of Topliss-reactive ketones (excluding diaryl/α,β-unsaturated/α-hetero) is 1. The summed E-state index contributed by atoms with van der Waals surface area (Å²) in [6, 6.07) is 7.59. The van der Waals surface area contributed by atoms with E-state index >= 15 is 0 Å². The Morgan fingerprint density at radius 3 is 2.88 bits per heavy atom. The molecular formula is C12H12BrNO2. The molecule has 0 N–H and O–H groups in total. The van der Waals surface area contributed by atoms with Gasteiger partial charge in [-0.2, -0.15) is 0 Å². The lowest BCUT2D eigenvalue weighted by Gasteiger charge is -2.28. The lowest BCUT2D eigenvalue weighted by molar-refractivity contribution is -0.122. The van der Waals surface area contributed by atoms with Crippen LogP contribution in [0.4, 0.5) is 5.69 Å². The van der Waals surface area contributed by atoms with Crippen molar-refractivity contribution in [3.05, 3.63) is 29.8 Å². The van der Waals surface area contributed by atoms with E-state index in [2.05, 4.69) is 15.9 Å². The van der Waals surface area contributed by atoms with E-state index in [4.69, 9.17) is 0 Å². The van der Waals surface area contributed by atoms with E-state index in [-0.39, 0.29) is 18.2 Å². The highest BCUT2D eigenvalue weighted by Crippen LogP contribution is 2.25. The topological polar surface area (TPSA) is 37.4 Å². The van der Waals surface area contributed by atoms with E-state index in [0.717, 1.165) is 11.3 Å². The second-order valence-electron chi connectivity index (χ2n) is 3.76. The molecule has 0 aromatic heterocycles. The number of benzene rings is 1. The fraction of sp³-hybridized carbons (Fsp3) is 0.333. The van der Waals surface area contributed by atoms with Crippen LogP contribution in [0.5, 0.6) is 0 Å². The summed E-state index contributed by atoms with van der Waals surface area (Å²) >= 11 is 3.24. The van der Waals surface area contributed by atoms with Crippen LogP contribution in [0.15, 0.2) is 24.3 Å². The number of carbonyl (C=O) groups is 2. The Hall–Kier alpha value is -1.16. The molecule has 0 saturated heterocycles. The number of carbonyl (C=O) groups excluding carboxylic acids is 2. The number of para-hydroxylation sites is 1. The predicted octanol–water partition coefficient (Wildman–Crippen LogP) is 1.93. The Balaban J connectivity index is 2.33. The van der Waals surface area contributed by atoms with E-state index in [9.17, 15) is 9.59 Å². The average Bonchev–Trinajstić information content (AvgIpc) is 2.28. The molecule has 0 unspecified atom stereocenters. The number of fused-ring (bicyclic) bond motifs is 1.